The van der Waals surface area contributed by atoms with Crippen LogP contribution < -0.4 is 15.8 Å². The largest absolute Gasteiger partial charge is 0.492 e. The maximum absolute atomic E-state index is 11.0. The monoisotopic (exact) mass is 258 g/mol. The third-order valence-electron chi connectivity index (χ3n) is 2.15. The summed E-state index contributed by atoms with van der Waals surface area (Å²) in [7, 11) is -2.96. The Hall–Kier alpha value is -1.43. The average molecular weight is 258 g/mol. The Bertz CT molecular complexity index is 472. The molecule has 5 nitrogen and oxygen atoms in total. The molecule has 0 amide bonds. The highest BCUT2D eigenvalue weighted by atomic mass is 32.2. The van der Waals surface area contributed by atoms with Gasteiger partial charge < -0.3 is 15.8 Å². The van der Waals surface area contributed by atoms with Crippen LogP contribution in [-0.4, -0.2) is 33.6 Å². The van der Waals surface area contributed by atoms with E-state index in [-0.39, 0.29) is 5.75 Å². The quantitative estimate of drug-likeness (QED) is 0.747. The Morgan fingerprint density at radius 2 is 2.12 bits per heavy atom. The Labute approximate surface area is 102 Å². The number of anilines is 2. The van der Waals surface area contributed by atoms with Gasteiger partial charge in [0.15, 0.2) is 0 Å². The van der Waals surface area contributed by atoms with Crippen LogP contribution in [0, 0.1) is 0 Å². The van der Waals surface area contributed by atoms with Gasteiger partial charge in [0.05, 0.1) is 23.7 Å². The molecular formula is C11H18N2O3S. The first kappa shape index (κ1) is 13.6. The van der Waals surface area contributed by atoms with E-state index < -0.39 is 9.84 Å². The molecule has 0 aliphatic heterocycles. The molecule has 0 bridgehead atoms. The van der Waals surface area contributed by atoms with Crippen LogP contribution in [-0.2, 0) is 9.84 Å². The van der Waals surface area contributed by atoms with Gasteiger partial charge in [0.2, 0.25) is 0 Å². The van der Waals surface area contributed by atoms with E-state index in [1.54, 1.807) is 12.1 Å². The van der Waals surface area contributed by atoms with Gasteiger partial charge in [-0.1, -0.05) is 6.07 Å². The number of rotatable bonds is 6. The van der Waals surface area contributed by atoms with Gasteiger partial charge in [-0.25, -0.2) is 8.42 Å². The van der Waals surface area contributed by atoms with E-state index in [1.807, 2.05) is 13.0 Å². The lowest BCUT2D eigenvalue weighted by atomic mass is 10.2. The second-order valence-electron chi connectivity index (χ2n) is 3.71. The van der Waals surface area contributed by atoms with Gasteiger partial charge in [0.1, 0.15) is 15.6 Å². The topological polar surface area (TPSA) is 81.4 Å². The van der Waals surface area contributed by atoms with Gasteiger partial charge in [0.25, 0.3) is 0 Å². The number of sulfone groups is 1. The van der Waals surface area contributed by atoms with Crippen LogP contribution in [0.3, 0.4) is 0 Å². The SMILES string of the molecule is CCOc1cccc(NCCS(C)(=O)=O)c1N. The Morgan fingerprint density at radius 3 is 2.71 bits per heavy atom. The lowest BCUT2D eigenvalue weighted by molar-refractivity contribution is 0.342. The zero-order valence-electron chi connectivity index (χ0n) is 10.1. The fraction of sp³-hybridized carbons (Fsp3) is 0.455. The first-order valence-corrected chi connectivity index (χ1v) is 7.43. The van der Waals surface area contributed by atoms with Crippen molar-refractivity contribution in [3.8, 4) is 5.75 Å². The van der Waals surface area contributed by atoms with Gasteiger partial charge in [-0.3, -0.25) is 0 Å². The van der Waals surface area contributed by atoms with E-state index in [9.17, 15) is 8.42 Å². The minimum Gasteiger partial charge on any atom is -0.492 e. The molecule has 0 saturated carbocycles. The molecular weight excluding hydrogens is 240 g/mol. The van der Waals surface area contributed by atoms with Crippen LogP contribution in [0.5, 0.6) is 5.75 Å². The molecule has 0 atom stereocenters. The molecule has 0 aliphatic rings. The Morgan fingerprint density at radius 1 is 1.41 bits per heavy atom. The van der Waals surface area contributed by atoms with Crippen molar-refractivity contribution in [1.29, 1.82) is 0 Å². The van der Waals surface area contributed by atoms with Crippen molar-refractivity contribution in [2.24, 2.45) is 0 Å². The molecule has 0 aromatic heterocycles. The van der Waals surface area contributed by atoms with E-state index in [4.69, 9.17) is 10.5 Å². The number of nitrogens with one attached hydrogen (secondary N) is 1. The number of benzene rings is 1. The Balaban J connectivity index is 2.68. The molecule has 0 spiro atoms. The minimum absolute atomic E-state index is 0.0747. The lowest BCUT2D eigenvalue weighted by Gasteiger charge is -2.12. The predicted octanol–water partition coefficient (Wildman–Crippen LogP) is 1.12. The maximum Gasteiger partial charge on any atom is 0.149 e. The smallest absolute Gasteiger partial charge is 0.149 e. The third kappa shape index (κ3) is 4.52. The van der Waals surface area contributed by atoms with Crippen molar-refractivity contribution < 1.29 is 13.2 Å². The van der Waals surface area contributed by atoms with E-state index >= 15 is 0 Å². The summed E-state index contributed by atoms with van der Waals surface area (Å²) < 4.78 is 27.3. The molecule has 6 heteroatoms. The van der Waals surface area contributed by atoms with Crippen LogP contribution in [0.25, 0.3) is 0 Å². The first-order chi connectivity index (χ1) is 7.94. The molecule has 3 N–H and O–H groups in total. The van der Waals surface area contributed by atoms with Crippen LogP contribution in [0.2, 0.25) is 0 Å². The average Bonchev–Trinajstić information content (AvgIpc) is 2.22. The second kappa shape index (κ2) is 5.77. The molecule has 0 saturated heterocycles. The number of nitrogens with two attached hydrogens (primary N) is 1. The summed E-state index contributed by atoms with van der Waals surface area (Å²) in [5.74, 6) is 0.683. The van der Waals surface area contributed by atoms with Gasteiger partial charge >= 0.3 is 0 Å². The highest BCUT2D eigenvalue weighted by Crippen LogP contribution is 2.29. The number of para-hydroxylation sites is 1. The van der Waals surface area contributed by atoms with Crippen molar-refractivity contribution in [1.82, 2.24) is 0 Å². The number of ether oxygens (including phenoxy) is 1. The maximum atomic E-state index is 11.0. The van der Waals surface area contributed by atoms with Crippen molar-refractivity contribution in [3.63, 3.8) is 0 Å². The van der Waals surface area contributed by atoms with E-state index in [0.29, 0.717) is 30.3 Å². The van der Waals surface area contributed by atoms with Crippen LogP contribution in [0.1, 0.15) is 6.92 Å². The van der Waals surface area contributed by atoms with Crippen molar-refractivity contribution >= 4 is 21.2 Å². The van der Waals surface area contributed by atoms with Crippen LogP contribution in [0.4, 0.5) is 11.4 Å². The minimum atomic E-state index is -2.96. The summed E-state index contributed by atoms with van der Waals surface area (Å²) in [4.78, 5) is 0. The second-order valence-corrected chi connectivity index (χ2v) is 5.97. The zero-order chi connectivity index (χ0) is 12.9. The lowest BCUT2D eigenvalue weighted by Crippen LogP contribution is -2.15. The van der Waals surface area contributed by atoms with Crippen molar-refractivity contribution in [3.05, 3.63) is 18.2 Å². The van der Waals surface area contributed by atoms with E-state index in [2.05, 4.69) is 5.32 Å². The summed E-state index contributed by atoms with van der Waals surface area (Å²) in [6, 6.07) is 5.38. The standard InChI is InChI=1S/C11H18N2O3S/c1-3-16-10-6-4-5-9(11(10)12)13-7-8-17(2,14)15/h4-6,13H,3,7-8,12H2,1-2H3. The molecule has 0 aliphatic carbocycles. The van der Waals surface area contributed by atoms with Gasteiger partial charge in [0, 0.05) is 12.8 Å². The predicted molar refractivity (Wildman–Crippen MR) is 70.2 cm³/mol. The van der Waals surface area contributed by atoms with Gasteiger partial charge in [-0.05, 0) is 19.1 Å². The third-order valence-corrected chi connectivity index (χ3v) is 3.10. The summed E-state index contributed by atoms with van der Waals surface area (Å²) in [5, 5.41) is 2.98. The van der Waals surface area contributed by atoms with Crippen LogP contribution >= 0.6 is 0 Å². The molecule has 1 rings (SSSR count). The van der Waals surface area contributed by atoms with E-state index in [0.717, 1.165) is 0 Å². The molecule has 1 aromatic rings. The highest BCUT2D eigenvalue weighted by molar-refractivity contribution is 7.90. The highest BCUT2D eigenvalue weighted by Gasteiger charge is 2.06. The normalized spacial score (nSPS) is 11.2. The molecule has 17 heavy (non-hydrogen) atoms. The molecule has 0 radical (unpaired) electrons. The Kier molecular flexibility index (Phi) is 4.62. The zero-order valence-corrected chi connectivity index (χ0v) is 10.9. The molecule has 0 heterocycles. The molecule has 0 unspecified atom stereocenters. The summed E-state index contributed by atoms with van der Waals surface area (Å²) >= 11 is 0. The number of hydrogen-bond acceptors (Lipinski definition) is 5. The fourth-order valence-corrected chi connectivity index (χ4v) is 1.82. The number of hydrogen-bond donors (Lipinski definition) is 2. The van der Waals surface area contributed by atoms with E-state index in [1.165, 1.54) is 6.26 Å². The van der Waals surface area contributed by atoms with Crippen molar-refractivity contribution in [2.75, 3.05) is 36.2 Å². The molecule has 0 fully saturated rings. The van der Waals surface area contributed by atoms with Gasteiger partial charge in [-0.2, -0.15) is 0 Å². The summed E-state index contributed by atoms with van der Waals surface area (Å²) in [6.45, 7) is 2.75. The van der Waals surface area contributed by atoms with Crippen molar-refractivity contribution in [2.45, 2.75) is 6.92 Å². The fourth-order valence-electron chi connectivity index (χ4n) is 1.35. The van der Waals surface area contributed by atoms with Crippen LogP contribution in [0.15, 0.2) is 18.2 Å². The number of nitrogen functional groups attached to an aromatic ring is 1. The summed E-state index contributed by atoms with van der Waals surface area (Å²) in [6.07, 6.45) is 1.20. The summed E-state index contributed by atoms with van der Waals surface area (Å²) in [5.41, 5.74) is 7.08. The van der Waals surface area contributed by atoms with Gasteiger partial charge in [-0.15, -0.1) is 0 Å². The molecule has 96 valence electrons. The first-order valence-electron chi connectivity index (χ1n) is 5.37. The molecule has 1 aromatic carbocycles.